The summed E-state index contributed by atoms with van der Waals surface area (Å²) in [4.78, 5) is 14.0. The Morgan fingerprint density at radius 2 is 2.20 bits per heavy atom. The van der Waals surface area contributed by atoms with Gasteiger partial charge < -0.3 is 15.5 Å². The molecule has 0 saturated carbocycles. The van der Waals surface area contributed by atoms with Gasteiger partial charge in [-0.3, -0.25) is 0 Å². The second-order valence-corrected chi connectivity index (χ2v) is 5.11. The van der Waals surface area contributed by atoms with Crippen LogP contribution in [0.4, 0.5) is 10.5 Å². The Bertz CT molecular complexity index is 501. The van der Waals surface area contributed by atoms with E-state index in [1.165, 1.54) is 0 Å². The topological polar surface area (TPSA) is 68.2 Å². The van der Waals surface area contributed by atoms with Crippen molar-refractivity contribution < 1.29 is 4.79 Å². The molecule has 0 unspecified atom stereocenters. The number of urea groups is 1. The molecule has 2 rings (SSSR count). The number of nitrogens with one attached hydrogen (secondary N) is 2. The van der Waals surface area contributed by atoms with E-state index in [0.717, 1.165) is 32.5 Å². The molecule has 1 heterocycles. The third-order valence-corrected chi connectivity index (χ3v) is 3.64. The molecule has 1 aliphatic heterocycles. The number of amides is 2. The molecule has 20 heavy (non-hydrogen) atoms. The number of hydrogen-bond acceptors (Lipinski definition) is 3. The third-order valence-electron chi connectivity index (χ3n) is 3.64. The molecule has 1 aromatic carbocycles. The van der Waals surface area contributed by atoms with Crippen molar-refractivity contribution in [1.29, 1.82) is 5.26 Å². The molecule has 2 N–H and O–H groups in total. The van der Waals surface area contributed by atoms with Crippen molar-refractivity contribution in [1.82, 2.24) is 10.2 Å². The van der Waals surface area contributed by atoms with Gasteiger partial charge in [0.25, 0.3) is 0 Å². The molecule has 0 aromatic heterocycles. The molecule has 106 valence electrons. The first-order valence-corrected chi connectivity index (χ1v) is 6.93. The van der Waals surface area contributed by atoms with E-state index in [0.29, 0.717) is 17.2 Å². The lowest BCUT2D eigenvalue weighted by molar-refractivity contribution is 0.182. The number of hydrogen-bond donors (Lipinski definition) is 2. The Morgan fingerprint density at radius 3 is 2.85 bits per heavy atom. The Balaban J connectivity index is 1.88. The highest BCUT2D eigenvalue weighted by atomic mass is 16.2. The van der Waals surface area contributed by atoms with Gasteiger partial charge in [-0.15, -0.1) is 0 Å². The first-order chi connectivity index (χ1) is 9.72. The molecule has 5 nitrogen and oxygen atoms in total. The van der Waals surface area contributed by atoms with Crippen molar-refractivity contribution >= 4 is 11.7 Å². The number of carbonyl (C=O) groups is 1. The van der Waals surface area contributed by atoms with Gasteiger partial charge in [0.05, 0.1) is 11.6 Å². The quantitative estimate of drug-likeness (QED) is 0.884. The van der Waals surface area contributed by atoms with E-state index in [1.54, 1.807) is 24.3 Å². The molecule has 5 heteroatoms. The van der Waals surface area contributed by atoms with Crippen LogP contribution in [0.2, 0.25) is 0 Å². The summed E-state index contributed by atoms with van der Waals surface area (Å²) in [6.07, 6.45) is 2.07. The number of benzene rings is 1. The molecule has 1 fully saturated rings. The van der Waals surface area contributed by atoms with Crippen LogP contribution < -0.4 is 10.6 Å². The highest BCUT2D eigenvalue weighted by Crippen LogP contribution is 2.18. The fraction of sp³-hybridized carbons (Fsp3) is 0.467. The Labute approximate surface area is 119 Å². The molecule has 0 atom stereocenters. The number of likely N-dealkylation sites (tertiary alicyclic amines) is 1. The summed E-state index contributed by atoms with van der Waals surface area (Å²) in [5, 5.41) is 14.9. The largest absolute Gasteiger partial charge is 0.325 e. The minimum Gasteiger partial charge on any atom is -0.325 e. The van der Waals surface area contributed by atoms with Crippen LogP contribution in [0.5, 0.6) is 0 Å². The molecule has 1 aliphatic rings. The number of carbonyl (C=O) groups excluding carboxylic acids is 1. The zero-order chi connectivity index (χ0) is 14.4. The van der Waals surface area contributed by atoms with E-state index in [9.17, 15) is 4.79 Å². The zero-order valence-electron chi connectivity index (χ0n) is 11.7. The molecule has 0 radical (unpaired) electrons. The zero-order valence-corrected chi connectivity index (χ0v) is 11.7. The summed E-state index contributed by atoms with van der Waals surface area (Å²) in [6, 6.07) is 8.96. The minimum absolute atomic E-state index is 0.0806. The average Bonchev–Trinajstić information content (AvgIpc) is 2.48. The summed E-state index contributed by atoms with van der Waals surface area (Å²) in [7, 11) is 1.96. The first kappa shape index (κ1) is 14.4. The van der Waals surface area contributed by atoms with Crippen LogP contribution in [0.15, 0.2) is 24.3 Å². The van der Waals surface area contributed by atoms with Crippen molar-refractivity contribution in [3.8, 4) is 6.07 Å². The Hall–Kier alpha value is -2.06. The number of anilines is 1. The monoisotopic (exact) mass is 272 g/mol. The predicted octanol–water partition coefficient (Wildman–Crippen LogP) is 2.02. The van der Waals surface area contributed by atoms with Crippen LogP contribution in [0.3, 0.4) is 0 Å². The van der Waals surface area contributed by atoms with E-state index in [1.807, 2.05) is 11.9 Å². The second kappa shape index (κ2) is 6.92. The molecule has 1 saturated heterocycles. The van der Waals surface area contributed by atoms with Gasteiger partial charge in [-0.05, 0) is 50.6 Å². The summed E-state index contributed by atoms with van der Waals surface area (Å²) >= 11 is 0. The first-order valence-electron chi connectivity index (χ1n) is 6.93. The van der Waals surface area contributed by atoms with Gasteiger partial charge >= 0.3 is 6.03 Å². The van der Waals surface area contributed by atoms with Crippen molar-refractivity contribution in [2.75, 3.05) is 32.0 Å². The fourth-order valence-corrected chi connectivity index (χ4v) is 2.50. The van der Waals surface area contributed by atoms with E-state index in [-0.39, 0.29) is 6.03 Å². The van der Waals surface area contributed by atoms with Crippen molar-refractivity contribution in [2.45, 2.75) is 12.8 Å². The maximum Gasteiger partial charge on any atom is 0.321 e. The van der Waals surface area contributed by atoms with E-state index < -0.39 is 0 Å². The van der Waals surface area contributed by atoms with Gasteiger partial charge in [0, 0.05) is 18.8 Å². The highest BCUT2D eigenvalue weighted by molar-refractivity contribution is 5.89. The van der Waals surface area contributed by atoms with Crippen LogP contribution >= 0.6 is 0 Å². The van der Waals surface area contributed by atoms with E-state index in [4.69, 9.17) is 5.26 Å². The maximum atomic E-state index is 12.1. The fourth-order valence-electron chi connectivity index (χ4n) is 2.50. The minimum atomic E-state index is -0.0806. The van der Waals surface area contributed by atoms with Gasteiger partial charge in [0.15, 0.2) is 0 Å². The molecule has 0 aliphatic carbocycles. The average molecular weight is 272 g/mol. The number of rotatable bonds is 3. The molecule has 2 amide bonds. The summed E-state index contributed by atoms with van der Waals surface area (Å²) in [5.41, 5.74) is 1.22. The van der Waals surface area contributed by atoms with Crippen molar-refractivity contribution in [3.05, 3.63) is 29.8 Å². The smallest absolute Gasteiger partial charge is 0.321 e. The lowest BCUT2D eigenvalue weighted by Crippen LogP contribution is -2.42. The van der Waals surface area contributed by atoms with Crippen LogP contribution in [-0.2, 0) is 0 Å². The summed E-state index contributed by atoms with van der Waals surface area (Å²) < 4.78 is 0. The van der Waals surface area contributed by atoms with Crippen molar-refractivity contribution in [3.63, 3.8) is 0 Å². The predicted molar refractivity (Wildman–Crippen MR) is 78.4 cm³/mol. The van der Waals surface area contributed by atoms with Gasteiger partial charge in [0.2, 0.25) is 0 Å². The molecule has 1 aromatic rings. The Morgan fingerprint density at radius 1 is 1.45 bits per heavy atom. The molecular weight excluding hydrogens is 252 g/mol. The third kappa shape index (κ3) is 3.72. The number of piperidine rings is 1. The number of nitrogens with zero attached hydrogens (tertiary/aromatic N) is 2. The van der Waals surface area contributed by atoms with Crippen LogP contribution in [-0.4, -0.2) is 37.6 Å². The van der Waals surface area contributed by atoms with Crippen LogP contribution in [0.1, 0.15) is 18.4 Å². The van der Waals surface area contributed by atoms with Gasteiger partial charge in [-0.25, -0.2) is 4.79 Å². The molecular formula is C15H20N4O. The Kier molecular flexibility index (Phi) is 4.97. The van der Waals surface area contributed by atoms with Crippen LogP contribution in [0.25, 0.3) is 0 Å². The normalized spacial score (nSPS) is 15.7. The standard InChI is InChI=1S/C15H20N4O/c1-17-11-12-5-7-19(8-6-12)15(20)18-14-4-2-3-13(9-14)10-16/h2-4,9,12,17H,5-8,11H2,1H3,(H,18,20). The van der Waals surface area contributed by atoms with Crippen molar-refractivity contribution in [2.24, 2.45) is 5.92 Å². The van der Waals surface area contributed by atoms with Crippen LogP contribution in [0, 0.1) is 17.2 Å². The lowest BCUT2D eigenvalue weighted by Gasteiger charge is -2.31. The van der Waals surface area contributed by atoms with E-state index >= 15 is 0 Å². The number of nitriles is 1. The molecule has 0 spiro atoms. The van der Waals surface area contributed by atoms with E-state index in [2.05, 4.69) is 16.7 Å². The lowest BCUT2D eigenvalue weighted by atomic mass is 9.97. The van der Waals surface area contributed by atoms with Gasteiger partial charge in [0.1, 0.15) is 0 Å². The summed E-state index contributed by atoms with van der Waals surface area (Å²) in [6.45, 7) is 2.59. The SMILES string of the molecule is CNCC1CCN(C(=O)Nc2cccc(C#N)c2)CC1. The van der Waals surface area contributed by atoms with Gasteiger partial charge in [-0.2, -0.15) is 5.26 Å². The van der Waals surface area contributed by atoms with Gasteiger partial charge in [-0.1, -0.05) is 6.07 Å². The maximum absolute atomic E-state index is 12.1. The highest BCUT2D eigenvalue weighted by Gasteiger charge is 2.22. The molecule has 0 bridgehead atoms. The summed E-state index contributed by atoms with van der Waals surface area (Å²) in [5.74, 6) is 0.658. The second-order valence-electron chi connectivity index (χ2n) is 5.11.